The lowest BCUT2D eigenvalue weighted by molar-refractivity contribution is 0.775. The molecule has 3 aromatic heterocycles. The van der Waals surface area contributed by atoms with Crippen LogP contribution in [0.4, 0.5) is 11.8 Å². The summed E-state index contributed by atoms with van der Waals surface area (Å²) in [4.78, 5) is 8.75. The van der Waals surface area contributed by atoms with E-state index in [1.807, 2.05) is 19.2 Å². The molecule has 0 aliphatic heterocycles. The lowest BCUT2D eigenvalue weighted by atomic mass is 10.2. The maximum atomic E-state index is 8.22. The van der Waals surface area contributed by atoms with Crippen molar-refractivity contribution in [3.63, 3.8) is 0 Å². The van der Waals surface area contributed by atoms with Crippen LogP contribution < -0.4 is 10.8 Å². The quantitative estimate of drug-likeness (QED) is 0.469. The molecule has 3 aromatic rings. The highest BCUT2D eigenvalue weighted by Gasteiger charge is 2.07. The van der Waals surface area contributed by atoms with Gasteiger partial charge >= 0.3 is 0 Å². The molecule has 0 aliphatic rings. The van der Waals surface area contributed by atoms with Crippen LogP contribution >= 0.6 is 0 Å². The molecule has 8 heteroatoms. The second kappa shape index (κ2) is 7.73. The summed E-state index contributed by atoms with van der Waals surface area (Å²) in [6, 6.07) is 7.23. The molecule has 3 N–H and O–H groups in total. The van der Waals surface area contributed by atoms with Crippen molar-refractivity contribution in [2.24, 2.45) is 7.05 Å². The van der Waals surface area contributed by atoms with Crippen LogP contribution in [0.3, 0.4) is 0 Å². The molecule has 0 aromatic carbocycles. The van der Waals surface area contributed by atoms with Gasteiger partial charge in [-0.3, -0.25) is 20.1 Å². The number of rotatable bonds is 6. The van der Waals surface area contributed by atoms with E-state index in [4.69, 9.17) is 10.8 Å². The van der Waals surface area contributed by atoms with Gasteiger partial charge in [0.15, 0.2) is 0 Å². The van der Waals surface area contributed by atoms with E-state index in [0.717, 1.165) is 24.2 Å². The number of nitrogens with one attached hydrogen (secondary N) is 3. The molecule has 0 unspecified atom stereocenters. The standard InChI is InChI=1S/C18H22N8/c1-3-4-5-15(19)26-11-8-13(12-16(26)20)14-6-9-21-18(23-14)24-17-7-10-22-25(17)2/h6-12,19-20H,3-5H2,1-2H3,(H,21,23,24). The smallest absolute Gasteiger partial charge is 0.228 e. The fourth-order valence-corrected chi connectivity index (χ4v) is 2.55. The fourth-order valence-electron chi connectivity index (χ4n) is 2.55. The number of hydrogen-bond acceptors (Lipinski definition) is 6. The first-order valence-electron chi connectivity index (χ1n) is 8.52. The first-order chi connectivity index (χ1) is 12.6. The molecule has 0 bridgehead atoms. The third kappa shape index (κ3) is 3.85. The summed E-state index contributed by atoms with van der Waals surface area (Å²) in [6.07, 6.45) is 7.77. The minimum Gasteiger partial charge on any atom is -0.309 e. The molecule has 134 valence electrons. The van der Waals surface area contributed by atoms with E-state index in [0.29, 0.717) is 23.9 Å². The van der Waals surface area contributed by atoms with E-state index < -0.39 is 0 Å². The van der Waals surface area contributed by atoms with Crippen LogP contribution in [-0.2, 0) is 7.05 Å². The highest BCUT2D eigenvalue weighted by Crippen LogP contribution is 2.17. The molecule has 0 aliphatic carbocycles. The van der Waals surface area contributed by atoms with Gasteiger partial charge in [0.05, 0.1) is 11.9 Å². The average molecular weight is 350 g/mol. The molecule has 0 atom stereocenters. The van der Waals surface area contributed by atoms with Crippen LogP contribution in [0.1, 0.15) is 26.2 Å². The molecule has 0 saturated heterocycles. The molecule has 3 rings (SSSR count). The van der Waals surface area contributed by atoms with Gasteiger partial charge in [0.2, 0.25) is 5.95 Å². The van der Waals surface area contributed by atoms with Crippen molar-refractivity contribution in [2.45, 2.75) is 26.2 Å². The normalized spacial score (nSPS) is 10.7. The Morgan fingerprint density at radius 1 is 1.23 bits per heavy atom. The summed E-state index contributed by atoms with van der Waals surface area (Å²) in [6.45, 7) is 2.09. The number of aryl methyl sites for hydroxylation is 1. The third-order valence-electron chi connectivity index (χ3n) is 4.02. The van der Waals surface area contributed by atoms with Gasteiger partial charge < -0.3 is 5.32 Å². The Hall–Kier alpha value is -3.29. The van der Waals surface area contributed by atoms with Gasteiger partial charge in [-0.05, 0) is 24.6 Å². The molecule has 0 spiro atoms. The Morgan fingerprint density at radius 3 is 2.77 bits per heavy atom. The Bertz CT molecular complexity index is 969. The first-order valence-corrected chi connectivity index (χ1v) is 8.52. The van der Waals surface area contributed by atoms with Crippen molar-refractivity contribution in [3.8, 4) is 11.3 Å². The summed E-state index contributed by atoms with van der Waals surface area (Å²) in [5, 5.41) is 23.6. The summed E-state index contributed by atoms with van der Waals surface area (Å²) in [7, 11) is 1.84. The molecule has 3 heterocycles. The molecular weight excluding hydrogens is 328 g/mol. The highest BCUT2D eigenvalue weighted by molar-refractivity contribution is 5.81. The highest BCUT2D eigenvalue weighted by atomic mass is 15.3. The number of nitrogens with zero attached hydrogens (tertiary/aromatic N) is 5. The van der Waals surface area contributed by atoms with Gasteiger partial charge in [-0.1, -0.05) is 13.3 Å². The van der Waals surface area contributed by atoms with E-state index in [-0.39, 0.29) is 5.49 Å². The topological polar surface area (TPSA) is 108 Å². The van der Waals surface area contributed by atoms with Gasteiger partial charge in [0.1, 0.15) is 17.1 Å². The number of hydrogen-bond donors (Lipinski definition) is 3. The average Bonchev–Trinajstić information content (AvgIpc) is 3.04. The number of pyridine rings is 1. The fraction of sp³-hybridized carbons (Fsp3) is 0.278. The van der Waals surface area contributed by atoms with Crippen molar-refractivity contribution in [1.29, 1.82) is 10.8 Å². The molecule has 8 nitrogen and oxygen atoms in total. The van der Waals surface area contributed by atoms with Crippen molar-refractivity contribution in [2.75, 3.05) is 5.32 Å². The minimum atomic E-state index is 0.267. The van der Waals surface area contributed by atoms with Gasteiger partial charge in [-0.15, -0.1) is 0 Å². The monoisotopic (exact) mass is 350 g/mol. The number of unbranched alkanes of at least 4 members (excludes halogenated alkanes) is 1. The van der Waals surface area contributed by atoms with Crippen LogP contribution in [0.15, 0.2) is 42.9 Å². The lowest BCUT2D eigenvalue weighted by Crippen LogP contribution is -2.25. The van der Waals surface area contributed by atoms with E-state index in [1.165, 1.54) is 0 Å². The Morgan fingerprint density at radius 2 is 2.08 bits per heavy atom. The Kier molecular flexibility index (Phi) is 5.21. The van der Waals surface area contributed by atoms with Crippen molar-refractivity contribution in [3.05, 3.63) is 48.3 Å². The van der Waals surface area contributed by atoms with Gasteiger partial charge in [-0.2, -0.15) is 5.10 Å². The van der Waals surface area contributed by atoms with E-state index >= 15 is 0 Å². The first kappa shape index (κ1) is 17.5. The summed E-state index contributed by atoms with van der Waals surface area (Å²) in [5.74, 6) is 1.69. The molecular formula is C18H22N8. The number of anilines is 2. The van der Waals surface area contributed by atoms with E-state index in [9.17, 15) is 0 Å². The maximum Gasteiger partial charge on any atom is 0.228 e. The largest absolute Gasteiger partial charge is 0.309 e. The Balaban J connectivity index is 1.84. The molecule has 0 radical (unpaired) electrons. The molecule has 26 heavy (non-hydrogen) atoms. The minimum absolute atomic E-state index is 0.267. The maximum absolute atomic E-state index is 8.22. The predicted octanol–water partition coefficient (Wildman–Crippen LogP) is 2.92. The number of aromatic nitrogens is 5. The molecule has 0 fully saturated rings. The predicted molar refractivity (Wildman–Crippen MR) is 100 cm³/mol. The zero-order valence-corrected chi connectivity index (χ0v) is 14.9. The van der Waals surface area contributed by atoms with Crippen LogP contribution in [-0.4, -0.2) is 30.2 Å². The van der Waals surface area contributed by atoms with Crippen LogP contribution in [0.2, 0.25) is 0 Å². The van der Waals surface area contributed by atoms with Crippen LogP contribution in [0, 0.1) is 10.8 Å². The zero-order chi connectivity index (χ0) is 18.5. The van der Waals surface area contributed by atoms with Crippen molar-refractivity contribution >= 4 is 17.6 Å². The zero-order valence-electron chi connectivity index (χ0n) is 14.9. The van der Waals surface area contributed by atoms with Crippen molar-refractivity contribution < 1.29 is 0 Å². The van der Waals surface area contributed by atoms with E-state index in [1.54, 1.807) is 40.0 Å². The van der Waals surface area contributed by atoms with Gasteiger partial charge in [0, 0.05) is 37.5 Å². The lowest BCUT2D eigenvalue weighted by Gasteiger charge is -2.10. The van der Waals surface area contributed by atoms with Gasteiger partial charge in [-0.25, -0.2) is 9.97 Å². The Labute approximate surface area is 151 Å². The van der Waals surface area contributed by atoms with E-state index in [2.05, 4.69) is 27.3 Å². The summed E-state index contributed by atoms with van der Waals surface area (Å²) < 4.78 is 3.29. The van der Waals surface area contributed by atoms with Crippen LogP contribution in [0.25, 0.3) is 11.3 Å². The molecule has 0 amide bonds. The summed E-state index contributed by atoms with van der Waals surface area (Å²) >= 11 is 0. The SMILES string of the molecule is CCCCC(=N)n1ccc(-c2ccnc(Nc3ccnn3C)n2)cc1=N. The summed E-state index contributed by atoms with van der Waals surface area (Å²) in [5.41, 5.74) is 1.79. The second-order valence-electron chi connectivity index (χ2n) is 5.95. The van der Waals surface area contributed by atoms with Gasteiger partial charge in [0.25, 0.3) is 0 Å². The third-order valence-corrected chi connectivity index (χ3v) is 4.02. The van der Waals surface area contributed by atoms with Crippen LogP contribution in [0.5, 0.6) is 0 Å². The second-order valence-corrected chi connectivity index (χ2v) is 5.95. The molecule has 0 saturated carbocycles. The van der Waals surface area contributed by atoms with Crippen molar-refractivity contribution in [1.82, 2.24) is 24.3 Å².